The monoisotopic (exact) mass is 307 g/mol. The number of nitrogens with one attached hydrogen (secondary N) is 1. The maximum atomic E-state index is 12.0. The van der Waals surface area contributed by atoms with Gasteiger partial charge in [-0.1, -0.05) is 0 Å². The SMILES string of the molecule is COCC(CNS(=O)(=O)c1cnn(CCCO)c1)OC. The molecular weight excluding hydrogens is 286 g/mol. The summed E-state index contributed by atoms with van der Waals surface area (Å²) >= 11 is 0. The van der Waals surface area contributed by atoms with Crippen molar-refractivity contribution >= 4 is 10.0 Å². The molecule has 9 heteroatoms. The fraction of sp³-hybridized carbons (Fsp3) is 0.727. The van der Waals surface area contributed by atoms with Crippen LogP contribution in [0.25, 0.3) is 0 Å². The second kappa shape index (κ2) is 8.32. The second-order valence-corrected chi connectivity index (χ2v) is 5.95. The summed E-state index contributed by atoms with van der Waals surface area (Å²) in [7, 11) is -0.609. The summed E-state index contributed by atoms with van der Waals surface area (Å²) in [5.74, 6) is 0. The predicted molar refractivity (Wildman–Crippen MR) is 71.8 cm³/mol. The summed E-state index contributed by atoms with van der Waals surface area (Å²) in [6.07, 6.45) is 2.88. The van der Waals surface area contributed by atoms with Crippen molar-refractivity contribution in [3.05, 3.63) is 12.4 Å². The van der Waals surface area contributed by atoms with E-state index in [9.17, 15) is 8.42 Å². The van der Waals surface area contributed by atoms with Crippen molar-refractivity contribution in [1.82, 2.24) is 14.5 Å². The predicted octanol–water partition coefficient (Wildman–Crippen LogP) is -0.795. The minimum atomic E-state index is -3.62. The molecule has 2 N–H and O–H groups in total. The molecule has 0 saturated heterocycles. The van der Waals surface area contributed by atoms with Crippen LogP contribution in [0.5, 0.6) is 0 Å². The molecule has 1 atom stereocenters. The average molecular weight is 307 g/mol. The van der Waals surface area contributed by atoms with E-state index in [0.29, 0.717) is 19.6 Å². The quantitative estimate of drug-likeness (QED) is 0.587. The van der Waals surface area contributed by atoms with Gasteiger partial charge < -0.3 is 14.6 Å². The first kappa shape index (κ1) is 17.1. The Kier molecular flexibility index (Phi) is 7.10. The topological polar surface area (TPSA) is 103 Å². The van der Waals surface area contributed by atoms with E-state index in [1.807, 2.05) is 0 Å². The number of hydrogen-bond acceptors (Lipinski definition) is 6. The van der Waals surface area contributed by atoms with E-state index < -0.39 is 10.0 Å². The van der Waals surface area contributed by atoms with Gasteiger partial charge in [0.05, 0.1) is 18.9 Å². The number of sulfonamides is 1. The fourth-order valence-corrected chi connectivity index (χ4v) is 2.54. The van der Waals surface area contributed by atoms with Crippen molar-refractivity contribution in [2.45, 2.75) is 24.0 Å². The number of aromatic nitrogens is 2. The van der Waals surface area contributed by atoms with Crippen LogP contribution in [0.2, 0.25) is 0 Å². The van der Waals surface area contributed by atoms with Crippen LogP contribution in [-0.2, 0) is 26.0 Å². The van der Waals surface area contributed by atoms with Crippen LogP contribution in [0, 0.1) is 0 Å². The van der Waals surface area contributed by atoms with Gasteiger partial charge in [-0.2, -0.15) is 5.10 Å². The average Bonchev–Trinajstić information content (AvgIpc) is 2.90. The van der Waals surface area contributed by atoms with E-state index in [2.05, 4.69) is 9.82 Å². The highest BCUT2D eigenvalue weighted by Crippen LogP contribution is 2.07. The molecule has 116 valence electrons. The van der Waals surface area contributed by atoms with Gasteiger partial charge in [0, 0.05) is 40.1 Å². The lowest BCUT2D eigenvalue weighted by molar-refractivity contribution is 0.0320. The summed E-state index contributed by atoms with van der Waals surface area (Å²) in [6.45, 7) is 0.923. The van der Waals surface area contributed by atoms with Crippen molar-refractivity contribution in [2.24, 2.45) is 0 Å². The molecule has 20 heavy (non-hydrogen) atoms. The Bertz CT molecular complexity index is 488. The van der Waals surface area contributed by atoms with E-state index in [1.54, 1.807) is 0 Å². The summed E-state index contributed by atoms with van der Waals surface area (Å²) in [4.78, 5) is 0.0858. The molecule has 0 fully saturated rings. The number of methoxy groups -OCH3 is 2. The van der Waals surface area contributed by atoms with Crippen LogP contribution in [0.15, 0.2) is 17.3 Å². The zero-order valence-corrected chi connectivity index (χ0v) is 12.5. The van der Waals surface area contributed by atoms with E-state index in [1.165, 1.54) is 31.3 Å². The largest absolute Gasteiger partial charge is 0.396 e. The Labute approximate surface area is 118 Å². The molecule has 1 unspecified atom stereocenters. The Morgan fingerprint density at radius 1 is 1.50 bits per heavy atom. The van der Waals surface area contributed by atoms with E-state index in [0.717, 1.165) is 0 Å². The molecule has 0 aliphatic rings. The lowest BCUT2D eigenvalue weighted by atomic mass is 10.4. The highest BCUT2D eigenvalue weighted by molar-refractivity contribution is 7.89. The van der Waals surface area contributed by atoms with Crippen LogP contribution in [0.3, 0.4) is 0 Å². The van der Waals surface area contributed by atoms with Crippen molar-refractivity contribution in [2.75, 3.05) is 34.0 Å². The fourth-order valence-electron chi connectivity index (χ4n) is 1.52. The normalized spacial score (nSPS) is 13.6. The van der Waals surface area contributed by atoms with Gasteiger partial charge in [0.15, 0.2) is 0 Å². The third kappa shape index (κ3) is 5.17. The van der Waals surface area contributed by atoms with Gasteiger partial charge in [-0.15, -0.1) is 0 Å². The maximum absolute atomic E-state index is 12.0. The number of nitrogens with zero attached hydrogens (tertiary/aromatic N) is 2. The van der Waals surface area contributed by atoms with E-state index in [4.69, 9.17) is 14.6 Å². The van der Waals surface area contributed by atoms with Crippen molar-refractivity contribution in [3.8, 4) is 0 Å². The second-order valence-electron chi connectivity index (χ2n) is 4.18. The van der Waals surface area contributed by atoms with E-state index >= 15 is 0 Å². The van der Waals surface area contributed by atoms with Crippen LogP contribution < -0.4 is 4.72 Å². The van der Waals surface area contributed by atoms with Gasteiger partial charge in [-0.05, 0) is 6.42 Å². The highest BCUT2D eigenvalue weighted by atomic mass is 32.2. The third-order valence-corrected chi connectivity index (χ3v) is 4.03. The van der Waals surface area contributed by atoms with Gasteiger partial charge in [-0.25, -0.2) is 13.1 Å². The first-order chi connectivity index (χ1) is 9.53. The maximum Gasteiger partial charge on any atom is 0.243 e. The zero-order chi connectivity index (χ0) is 15.0. The van der Waals surface area contributed by atoms with Crippen LogP contribution in [0.4, 0.5) is 0 Å². The zero-order valence-electron chi connectivity index (χ0n) is 11.7. The molecule has 0 amide bonds. The molecule has 1 aromatic rings. The smallest absolute Gasteiger partial charge is 0.243 e. The van der Waals surface area contributed by atoms with Gasteiger partial charge in [0.25, 0.3) is 0 Å². The summed E-state index contributed by atoms with van der Waals surface area (Å²) in [5, 5.41) is 12.7. The lowest BCUT2D eigenvalue weighted by Gasteiger charge is -2.14. The van der Waals surface area contributed by atoms with Crippen molar-refractivity contribution in [1.29, 1.82) is 0 Å². The number of aliphatic hydroxyl groups is 1. The molecule has 1 aromatic heterocycles. The Hall–Kier alpha value is -1.00. The summed E-state index contributed by atoms with van der Waals surface area (Å²) < 4.78 is 38.0. The number of hydrogen-bond donors (Lipinski definition) is 2. The third-order valence-electron chi connectivity index (χ3n) is 2.65. The first-order valence-corrected chi connectivity index (χ1v) is 7.66. The van der Waals surface area contributed by atoms with Gasteiger partial charge >= 0.3 is 0 Å². The van der Waals surface area contributed by atoms with Gasteiger partial charge in [-0.3, -0.25) is 4.68 Å². The number of ether oxygens (including phenoxy) is 2. The first-order valence-electron chi connectivity index (χ1n) is 6.18. The molecular formula is C11H21N3O5S. The number of rotatable bonds is 10. The molecule has 8 nitrogen and oxygen atoms in total. The molecule has 0 saturated carbocycles. The minimum Gasteiger partial charge on any atom is -0.396 e. The lowest BCUT2D eigenvalue weighted by Crippen LogP contribution is -2.35. The number of aryl methyl sites for hydroxylation is 1. The highest BCUT2D eigenvalue weighted by Gasteiger charge is 2.18. The molecule has 0 aromatic carbocycles. The molecule has 0 aliphatic carbocycles. The molecule has 1 heterocycles. The van der Waals surface area contributed by atoms with Crippen LogP contribution >= 0.6 is 0 Å². The molecule has 1 rings (SSSR count). The molecule has 0 aliphatic heterocycles. The number of aliphatic hydroxyl groups excluding tert-OH is 1. The minimum absolute atomic E-state index is 0.0345. The van der Waals surface area contributed by atoms with Gasteiger partial charge in [0.2, 0.25) is 10.0 Å². The van der Waals surface area contributed by atoms with E-state index in [-0.39, 0.29) is 24.2 Å². The molecule has 0 spiro atoms. The standard InChI is InChI=1S/C11H21N3O5S/c1-18-9-10(19-2)6-13-20(16,17)11-7-12-14(8-11)4-3-5-15/h7-8,10,13,15H,3-6,9H2,1-2H3. The Balaban J connectivity index is 2.61. The van der Waals surface area contributed by atoms with Crippen LogP contribution in [-0.4, -0.2) is 63.4 Å². The molecule has 0 radical (unpaired) electrons. The Morgan fingerprint density at radius 2 is 2.25 bits per heavy atom. The van der Waals surface area contributed by atoms with Crippen molar-refractivity contribution in [3.63, 3.8) is 0 Å². The Morgan fingerprint density at radius 3 is 2.85 bits per heavy atom. The van der Waals surface area contributed by atoms with Gasteiger partial charge in [0.1, 0.15) is 4.90 Å². The van der Waals surface area contributed by atoms with Crippen LogP contribution in [0.1, 0.15) is 6.42 Å². The summed E-state index contributed by atoms with van der Waals surface area (Å²) in [6, 6.07) is 0. The summed E-state index contributed by atoms with van der Waals surface area (Å²) in [5.41, 5.74) is 0. The molecule has 0 bridgehead atoms. The van der Waals surface area contributed by atoms with Crippen molar-refractivity contribution < 1.29 is 23.0 Å².